The molecule has 1 aliphatic carbocycles. The van der Waals surface area contributed by atoms with Crippen molar-refractivity contribution in [2.24, 2.45) is 5.92 Å². The van der Waals surface area contributed by atoms with Crippen LogP contribution in [0.5, 0.6) is 0 Å². The van der Waals surface area contributed by atoms with Gasteiger partial charge < -0.3 is 15.1 Å². The first-order valence-corrected chi connectivity index (χ1v) is 10.1. The molecule has 2 aliphatic rings. The molecule has 2 aromatic carbocycles. The lowest BCUT2D eigenvalue weighted by atomic mass is 9.94. The Balaban J connectivity index is 1.53. The molecule has 28 heavy (non-hydrogen) atoms. The van der Waals surface area contributed by atoms with Gasteiger partial charge in [-0.2, -0.15) is 0 Å². The molecular weight excluding hydrogens is 352 g/mol. The Hall–Kier alpha value is -2.60. The van der Waals surface area contributed by atoms with Gasteiger partial charge in [-0.1, -0.05) is 30.3 Å². The summed E-state index contributed by atoms with van der Waals surface area (Å²) < 4.78 is 0. The minimum atomic E-state index is -0.287. The number of nitro groups is 1. The summed E-state index contributed by atoms with van der Waals surface area (Å²) in [5, 5.41) is 15.0. The lowest BCUT2D eigenvalue weighted by Crippen LogP contribution is -2.44. The van der Waals surface area contributed by atoms with E-state index < -0.39 is 0 Å². The second-order valence-electron chi connectivity index (χ2n) is 7.98. The Labute approximate surface area is 166 Å². The molecule has 0 radical (unpaired) electrons. The second kappa shape index (κ2) is 8.19. The fraction of sp³-hybridized carbons (Fsp3) is 0.455. The van der Waals surface area contributed by atoms with Crippen molar-refractivity contribution in [1.29, 1.82) is 0 Å². The molecular formula is C22H28N4O2. The third-order valence-electron chi connectivity index (χ3n) is 5.98. The van der Waals surface area contributed by atoms with Crippen molar-refractivity contribution in [2.75, 3.05) is 50.0 Å². The third-order valence-corrected chi connectivity index (χ3v) is 5.98. The van der Waals surface area contributed by atoms with Crippen LogP contribution in [0.1, 0.15) is 24.3 Å². The third kappa shape index (κ3) is 4.28. The highest BCUT2D eigenvalue weighted by Crippen LogP contribution is 2.43. The highest BCUT2D eigenvalue weighted by Gasteiger charge is 2.32. The van der Waals surface area contributed by atoms with Crippen molar-refractivity contribution in [3.05, 3.63) is 64.2 Å². The number of rotatable bonds is 7. The highest BCUT2D eigenvalue weighted by atomic mass is 16.6. The molecule has 1 atom stereocenters. The van der Waals surface area contributed by atoms with Gasteiger partial charge in [-0.3, -0.25) is 10.1 Å². The monoisotopic (exact) mass is 380 g/mol. The molecule has 1 saturated carbocycles. The van der Waals surface area contributed by atoms with Crippen LogP contribution in [0.2, 0.25) is 0 Å². The van der Waals surface area contributed by atoms with Gasteiger partial charge in [0.05, 0.1) is 4.92 Å². The molecule has 1 N–H and O–H groups in total. The van der Waals surface area contributed by atoms with Gasteiger partial charge >= 0.3 is 0 Å². The molecule has 0 aromatic heterocycles. The summed E-state index contributed by atoms with van der Waals surface area (Å²) in [6.07, 6.45) is 2.48. The lowest BCUT2D eigenvalue weighted by Gasteiger charge is -2.34. The molecule has 1 aliphatic heterocycles. The van der Waals surface area contributed by atoms with Crippen molar-refractivity contribution in [3.63, 3.8) is 0 Å². The number of anilines is 2. The number of hydrogen-bond donors (Lipinski definition) is 1. The molecule has 2 aromatic rings. The van der Waals surface area contributed by atoms with Gasteiger partial charge in [0.15, 0.2) is 0 Å². The van der Waals surface area contributed by atoms with Crippen molar-refractivity contribution in [3.8, 4) is 0 Å². The van der Waals surface area contributed by atoms with Crippen molar-refractivity contribution in [1.82, 2.24) is 4.90 Å². The van der Waals surface area contributed by atoms with Crippen molar-refractivity contribution in [2.45, 2.75) is 18.8 Å². The number of hydrogen-bond acceptors (Lipinski definition) is 5. The summed E-state index contributed by atoms with van der Waals surface area (Å²) in [6, 6.07) is 16.0. The first-order valence-electron chi connectivity index (χ1n) is 10.1. The van der Waals surface area contributed by atoms with Gasteiger partial charge in [0.2, 0.25) is 0 Å². The van der Waals surface area contributed by atoms with Crippen LogP contribution in [-0.2, 0) is 0 Å². The number of benzene rings is 2. The average Bonchev–Trinajstić information content (AvgIpc) is 3.54. The number of piperazine rings is 1. The molecule has 2 fully saturated rings. The first kappa shape index (κ1) is 18.7. The van der Waals surface area contributed by atoms with E-state index in [2.05, 4.69) is 46.4 Å². The predicted molar refractivity (Wildman–Crippen MR) is 113 cm³/mol. The fourth-order valence-electron chi connectivity index (χ4n) is 4.06. The molecule has 0 unspecified atom stereocenters. The van der Waals surface area contributed by atoms with E-state index in [1.807, 2.05) is 18.2 Å². The van der Waals surface area contributed by atoms with Crippen LogP contribution in [0.15, 0.2) is 48.5 Å². The molecule has 4 rings (SSSR count). The molecule has 1 heterocycles. The maximum atomic E-state index is 11.6. The van der Waals surface area contributed by atoms with E-state index in [0.717, 1.165) is 38.4 Å². The van der Waals surface area contributed by atoms with Gasteiger partial charge in [0, 0.05) is 50.4 Å². The van der Waals surface area contributed by atoms with E-state index in [1.165, 1.54) is 18.4 Å². The summed E-state index contributed by atoms with van der Waals surface area (Å²) in [6.45, 7) is 4.64. The molecule has 148 valence electrons. The molecule has 0 bridgehead atoms. The summed E-state index contributed by atoms with van der Waals surface area (Å²) >= 11 is 0. The van der Waals surface area contributed by atoms with Crippen LogP contribution in [0.25, 0.3) is 0 Å². The minimum absolute atomic E-state index is 0.153. The van der Waals surface area contributed by atoms with Crippen LogP contribution in [0.4, 0.5) is 17.1 Å². The maximum absolute atomic E-state index is 11.6. The number of nitro benzene ring substituents is 1. The predicted octanol–water partition coefficient (Wildman–Crippen LogP) is 3.95. The Morgan fingerprint density at radius 3 is 2.46 bits per heavy atom. The van der Waals surface area contributed by atoms with Crippen molar-refractivity contribution >= 4 is 17.1 Å². The smallest absolute Gasteiger partial charge is 0.292 e. The van der Waals surface area contributed by atoms with Crippen molar-refractivity contribution < 1.29 is 4.92 Å². The largest absolute Gasteiger partial charge is 0.379 e. The normalized spacial score (nSPS) is 18.7. The van der Waals surface area contributed by atoms with Crippen LogP contribution in [0, 0.1) is 16.0 Å². The van der Waals surface area contributed by atoms with Crippen LogP contribution < -0.4 is 10.2 Å². The summed E-state index contributed by atoms with van der Waals surface area (Å²) in [5.41, 5.74) is 3.16. The zero-order chi connectivity index (χ0) is 19.5. The van der Waals surface area contributed by atoms with Crippen LogP contribution in [-0.4, -0.2) is 49.6 Å². The van der Waals surface area contributed by atoms with Gasteiger partial charge in [-0.15, -0.1) is 0 Å². The first-order chi connectivity index (χ1) is 13.6. The number of nitrogens with one attached hydrogen (secondary N) is 1. The Kier molecular flexibility index (Phi) is 5.48. The Bertz CT molecular complexity index is 815. The molecule has 0 amide bonds. The van der Waals surface area contributed by atoms with Gasteiger partial charge in [-0.25, -0.2) is 0 Å². The molecule has 1 saturated heterocycles. The van der Waals surface area contributed by atoms with Crippen LogP contribution >= 0.6 is 0 Å². The summed E-state index contributed by atoms with van der Waals surface area (Å²) in [4.78, 5) is 15.9. The fourth-order valence-corrected chi connectivity index (χ4v) is 4.06. The maximum Gasteiger partial charge on any atom is 0.292 e. The second-order valence-corrected chi connectivity index (χ2v) is 7.98. The van der Waals surface area contributed by atoms with Gasteiger partial charge in [0.1, 0.15) is 5.69 Å². The Morgan fingerprint density at radius 1 is 1.11 bits per heavy atom. The zero-order valence-corrected chi connectivity index (χ0v) is 16.4. The van der Waals surface area contributed by atoms with E-state index in [-0.39, 0.29) is 10.6 Å². The highest BCUT2D eigenvalue weighted by molar-refractivity contribution is 5.69. The molecule has 0 spiro atoms. The number of likely N-dealkylation sites (N-methyl/N-ethyl adjacent to an activating group) is 1. The SMILES string of the molecule is CN1CCN(c2ccc([N+](=O)[O-])c(NC[C@@H](c3ccccc3)C3CC3)c2)CC1. The molecule has 6 nitrogen and oxygen atoms in total. The topological polar surface area (TPSA) is 61.7 Å². The van der Waals surface area contributed by atoms with E-state index in [0.29, 0.717) is 17.5 Å². The summed E-state index contributed by atoms with van der Waals surface area (Å²) in [5.74, 6) is 1.07. The average molecular weight is 380 g/mol. The van der Waals surface area contributed by atoms with Gasteiger partial charge in [-0.05, 0) is 43.5 Å². The summed E-state index contributed by atoms with van der Waals surface area (Å²) in [7, 11) is 2.13. The Morgan fingerprint density at radius 2 is 1.82 bits per heavy atom. The van der Waals surface area contributed by atoms with E-state index in [9.17, 15) is 10.1 Å². The van der Waals surface area contributed by atoms with Gasteiger partial charge in [0.25, 0.3) is 5.69 Å². The van der Waals surface area contributed by atoms with E-state index >= 15 is 0 Å². The standard InChI is InChI=1S/C22H28N4O2/c1-24-11-13-25(14-12-24)19-9-10-22(26(27)28)21(15-19)23-16-20(18-7-8-18)17-5-3-2-4-6-17/h2-6,9-10,15,18,20,23H,7-8,11-14,16H2,1H3/t20-/m0/s1. The lowest BCUT2D eigenvalue weighted by molar-refractivity contribution is -0.383. The number of nitrogens with zero attached hydrogens (tertiary/aromatic N) is 3. The van der Waals surface area contributed by atoms with E-state index in [4.69, 9.17) is 0 Å². The molecule has 6 heteroatoms. The quantitative estimate of drug-likeness (QED) is 0.582. The van der Waals surface area contributed by atoms with E-state index in [1.54, 1.807) is 6.07 Å². The minimum Gasteiger partial charge on any atom is -0.379 e. The zero-order valence-electron chi connectivity index (χ0n) is 16.4. The van der Waals surface area contributed by atoms with Crippen LogP contribution in [0.3, 0.4) is 0 Å².